The Kier molecular flexibility index (Phi) is 3.88. The average molecular weight is 271 g/mol. The van der Waals surface area contributed by atoms with Gasteiger partial charge in [-0.25, -0.2) is 0 Å². The molecule has 19 heavy (non-hydrogen) atoms. The van der Waals surface area contributed by atoms with Crippen molar-refractivity contribution in [1.82, 2.24) is 0 Å². The molecule has 0 unspecified atom stereocenters. The van der Waals surface area contributed by atoms with E-state index in [0.717, 1.165) is 5.75 Å². The standard InChI is InChI=1S/C17H19OS/c18-16(13-19-10-3-4-11-19)12-15-8-5-7-14-6-1-2-9-17(14)15/h1-2,5-9H,3-4,10-13H2/q+1. The number of rotatable bonds is 4. The molecular formula is C17H19OS+. The quantitative estimate of drug-likeness (QED) is 0.779. The van der Waals surface area contributed by atoms with Gasteiger partial charge >= 0.3 is 0 Å². The third kappa shape index (κ3) is 3.01. The first-order chi connectivity index (χ1) is 9.33. The summed E-state index contributed by atoms with van der Waals surface area (Å²) >= 11 is 0. The third-order valence-corrected chi connectivity index (χ3v) is 6.21. The lowest BCUT2D eigenvalue weighted by molar-refractivity contribution is -0.116. The van der Waals surface area contributed by atoms with Gasteiger partial charge < -0.3 is 0 Å². The molecule has 0 bridgehead atoms. The van der Waals surface area contributed by atoms with Gasteiger partial charge in [0.2, 0.25) is 0 Å². The van der Waals surface area contributed by atoms with Gasteiger partial charge in [0.05, 0.1) is 0 Å². The number of carbonyl (C=O) groups is 1. The van der Waals surface area contributed by atoms with Crippen LogP contribution in [-0.4, -0.2) is 23.0 Å². The first-order valence-electron chi connectivity index (χ1n) is 6.95. The number of Topliss-reactive ketones (excluding diaryl/α,β-unsaturated/α-hetero) is 1. The Balaban J connectivity index is 1.75. The number of carbonyl (C=O) groups excluding carboxylic acids is 1. The first-order valence-corrected chi connectivity index (χ1v) is 8.68. The molecule has 1 nitrogen and oxygen atoms in total. The van der Waals surface area contributed by atoms with Crippen LogP contribution in [0.2, 0.25) is 0 Å². The fourth-order valence-corrected chi connectivity index (χ4v) is 5.07. The zero-order valence-electron chi connectivity index (χ0n) is 11.1. The minimum Gasteiger partial charge on any atom is -0.294 e. The van der Waals surface area contributed by atoms with E-state index in [4.69, 9.17) is 0 Å². The molecule has 0 amide bonds. The molecule has 0 N–H and O–H groups in total. The van der Waals surface area contributed by atoms with Crippen molar-refractivity contribution >= 4 is 27.5 Å². The molecule has 1 aliphatic rings. The molecule has 3 rings (SSSR count). The topological polar surface area (TPSA) is 17.1 Å². The van der Waals surface area contributed by atoms with Gasteiger partial charge in [-0.05, 0) is 40.1 Å². The number of benzene rings is 2. The van der Waals surface area contributed by atoms with E-state index in [9.17, 15) is 4.79 Å². The number of hydrogen-bond acceptors (Lipinski definition) is 1. The summed E-state index contributed by atoms with van der Waals surface area (Å²) in [5.74, 6) is 3.78. The van der Waals surface area contributed by atoms with E-state index in [1.165, 1.54) is 40.7 Å². The second-order valence-electron chi connectivity index (χ2n) is 5.23. The average Bonchev–Trinajstić information content (AvgIpc) is 2.92. The highest BCUT2D eigenvalue weighted by Crippen LogP contribution is 2.20. The van der Waals surface area contributed by atoms with E-state index in [-0.39, 0.29) is 0 Å². The highest BCUT2D eigenvalue weighted by atomic mass is 32.2. The summed E-state index contributed by atoms with van der Waals surface area (Å²) in [6, 6.07) is 14.6. The van der Waals surface area contributed by atoms with Crippen LogP contribution in [0.3, 0.4) is 0 Å². The van der Waals surface area contributed by atoms with Crippen LogP contribution < -0.4 is 0 Å². The van der Waals surface area contributed by atoms with Crippen LogP contribution in [0.15, 0.2) is 42.5 Å². The fraction of sp³-hybridized carbons (Fsp3) is 0.353. The molecule has 98 valence electrons. The normalized spacial score (nSPS) is 16.0. The molecule has 0 atom stereocenters. The van der Waals surface area contributed by atoms with E-state index in [1.807, 2.05) is 6.07 Å². The second-order valence-corrected chi connectivity index (χ2v) is 7.56. The Hall–Kier alpha value is -1.28. The summed E-state index contributed by atoms with van der Waals surface area (Å²) in [6.07, 6.45) is 3.25. The lowest BCUT2D eigenvalue weighted by Gasteiger charge is -2.06. The summed E-state index contributed by atoms with van der Waals surface area (Å²) < 4.78 is 0. The van der Waals surface area contributed by atoms with Crippen molar-refractivity contribution in [3.8, 4) is 0 Å². The van der Waals surface area contributed by atoms with Crippen LogP contribution in [0, 0.1) is 0 Å². The highest BCUT2D eigenvalue weighted by molar-refractivity contribution is 7.97. The molecule has 2 aromatic carbocycles. The number of ketones is 1. The Morgan fingerprint density at radius 3 is 2.58 bits per heavy atom. The summed E-state index contributed by atoms with van der Waals surface area (Å²) in [7, 11) is 0.386. The van der Waals surface area contributed by atoms with Crippen LogP contribution in [-0.2, 0) is 22.1 Å². The van der Waals surface area contributed by atoms with Gasteiger partial charge in [0.1, 0.15) is 11.5 Å². The Morgan fingerprint density at radius 1 is 1.00 bits per heavy atom. The SMILES string of the molecule is O=C(Cc1cccc2ccccc12)C[S+]1CCCC1. The highest BCUT2D eigenvalue weighted by Gasteiger charge is 2.26. The molecule has 0 spiro atoms. The summed E-state index contributed by atoms with van der Waals surface area (Å²) in [5.41, 5.74) is 1.19. The van der Waals surface area contributed by atoms with Crippen molar-refractivity contribution < 1.29 is 4.79 Å². The molecule has 2 aromatic rings. The van der Waals surface area contributed by atoms with Gasteiger partial charge in [0, 0.05) is 6.42 Å². The van der Waals surface area contributed by atoms with Crippen molar-refractivity contribution in [2.45, 2.75) is 19.3 Å². The minimum absolute atomic E-state index is 0.386. The molecule has 0 radical (unpaired) electrons. The van der Waals surface area contributed by atoms with E-state index in [1.54, 1.807) is 0 Å². The molecule has 2 heteroatoms. The van der Waals surface area contributed by atoms with Crippen LogP contribution >= 0.6 is 0 Å². The van der Waals surface area contributed by atoms with Crippen LogP contribution in [0.25, 0.3) is 10.8 Å². The van der Waals surface area contributed by atoms with Gasteiger partial charge in [-0.3, -0.25) is 4.79 Å². The molecule has 1 fully saturated rings. The van der Waals surface area contributed by atoms with Crippen molar-refractivity contribution in [3.05, 3.63) is 48.0 Å². The Morgan fingerprint density at radius 2 is 1.74 bits per heavy atom. The van der Waals surface area contributed by atoms with Crippen LogP contribution in [0.1, 0.15) is 18.4 Å². The van der Waals surface area contributed by atoms with Crippen LogP contribution in [0.5, 0.6) is 0 Å². The van der Waals surface area contributed by atoms with E-state index in [0.29, 0.717) is 23.1 Å². The molecule has 1 saturated heterocycles. The maximum Gasteiger partial charge on any atom is 0.186 e. The maximum atomic E-state index is 12.2. The van der Waals surface area contributed by atoms with Crippen molar-refractivity contribution in [1.29, 1.82) is 0 Å². The fourth-order valence-electron chi connectivity index (χ4n) is 2.80. The monoisotopic (exact) mass is 271 g/mol. The Bertz CT molecular complexity index is 579. The molecule has 0 saturated carbocycles. The number of hydrogen-bond donors (Lipinski definition) is 0. The zero-order valence-corrected chi connectivity index (χ0v) is 11.9. The first kappa shape index (κ1) is 12.7. The minimum atomic E-state index is 0.386. The molecule has 0 aliphatic carbocycles. The molecular weight excluding hydrogens is 252 g/mol. The Labute approximate surface area is 117 Å². The molecule has 0 aromatic heterocycles. The van der Waals surface area contributed by atoms with Crippen molar-refractivity contribution in [2.24, 2.45) is 0 Å². The van der Waals surface area contributed by atoms with Gasteiger partial charge in [0.15, 0.2) is 11.5 Å². The van der Waals surface area contributed by atoms with Gasteiger partial charge in [-0.1, -0.05) is 42.5 Å². The lowest BCUT2D eigenvalue weighted by Crippen LogP contribution is -2.19. The predicted molar refractivity (Wildman–Crippen MR) is 83.9 cm³/mol. The summed E-state index contributed by atoms with van der Waals surface area (Å²) in [6.45, 7) is 0. The molecule has 1 aliphatic heterocycles. The summed E-state index contributed by atoms with van der Waals surface area (Å²) in [4.78, 5) is 12.2. The second kappa shape index (κ2) is 5.79. The number of fused-ring (bicyclic) bond motifs is 1. The van der Waals surface area contributed by atoms with Gasteiger partial charge in [-0.2, -0.15) is 0 Å². The smallest absolute Gasteiger partial charge is 0.186 e. The lowest BCUT2D eigenvalue weighted by atomic mass is 10.0. The van der Waals surface area contributed by atoms with E-state index in [2.05, 4.69) is 36.4 Å². The van der Waals surface area contributed by atoms with Crippen molar-refractivity contribution in [3.63, 3.8) is 0 Å². The molecule has 1 heterocycles. The predicted octanol–water partition coefficient (Wildman–Crippen LogP) is 3.36. The van der Waals surface area contributed by atoms with E-state index < -0.39 is 0 Å². The zero-order chi connectivity index (χ0) is 13.1. The largest absolute Gasteiger partial charge is 0.294 e. The van der Waals surface area contributed by atoms with Crippen LogP contribution in [0.4, 0.5) is 0 Å². The van der Waals surface area contributed by atoms with Crippen molar-refractivity contribution in [2.75, 3.05) is 17.3 Å². The summed E-state index contributed by atoms with van der Waals surface area (Å²) in [5, 5.41) is 2.46. The van der Waals surface area contributed by atoms with E-state index >= 15 is 0 Å². The van der Waals surface area contributed by atoms with Gasteiger partial charge in [-0.15, -0.1) is 0 Å². The van der Waals surface area contributed by atoms with Gasteiger partial charge in [0.25, 0.3) is 0 Å². The maximum absolute atomic E-state index is 12.2. The third-order valence-electron chi connectivity index (χ3n) is 3.75.